The average molecular weight is 338 g/mol. The van der Waals surface area contributed by atoms with Gasteiger partial charge in [-0.05, 0) is 29.2 Å². The summed E-state index contributed by atoms with van der Waals surface area (Å²) < 4.78 is 0. The predicted molar refractivity (Wildman–Crippen MR) is 89.6 cm³/mol. The van der Waals surface area contributed by atoms with Crippen molar-refractivity contribution in [1.82, 2.24) is 10.8 Å². The molecule has 25 heavy (non-hydrogen) atoms. The molecule has 0 atom stereocenters. The highest BCUT2D eigenvalue weighted by Crippen LogP contribution is 2.53. The van der Waals surface area contributed by atoms with Gasteiger partial charge in [-0.3, -0.25) is 14.4 Å². The fourth-order valence-corrected chi connectivity index (χ4v) is 3.85. The van der Waals surface area contributed by atoms with Crippen LogP contribution in [0.4, 0.5) is 0 Å². The van der Waals surface area contributed by atoms with E-state index in [0.717, 1.165) is 22.3 Å². The molecule has 1 aliphatic carbocycles. The van der Waals surface area contributed by atoms with E-state index in [0.29, 0.717) is 0 Å². The smallest absolute Gasteiger partial charge is 0.305 e. The molecule has 2 heterocycles. The number of aliphatic carboxylic acids is 1. The molecular weight excluding hydrogens is 320 g/mol. The number of rotatable bonds is 4. The number of hydrogen-bond donors (Lipinski definition) is 3. The largest absolute Gasteiger partial charge is 0.481 e. The Morgan fingerprint density at radius 3 is 2.08 bits per heavy atom. The zero-order valence-corrected chi connectivity index (χ0v) is 13.7. The molecule has 1 amide bonds. The van der Waals surface area contributed by atoms with E-state index in [-0.39, 0.29) is 18.9 Å². The molecule has 0 saturated carbocycles. The van der Waals surface area contributed by atoms with Gasteiger partial charge < -0.3 is 10.4 Å². The Morgan fingerprint density at radius 1 is 1.04 bits per heavy atom. The molecule has 2 bridgehead atoms. The van der Waals surface area contributed by atoms with Crippen LogP contribution in [0, 0.1) is 0 Å². The van der Waals surface area contributed by atoms with E-state index >= 15 is 0 Å². The van der Waals surface area contributed by atoms with E-state index in [1.54, 1.807) is 0 Å². The summed E-state index contributed by atoms with van der Waals surface area (Å²) in [7, 11) is 0. The number of benzene rings is 2. The SMILES string of the molecule is CC12ONC(C(=O)NCCC(=O)O)(c3ccccc31)c1ccccc12. The second kappa shape index (κ2) is 5.40. The molecule has 128 valence electrons. The molecule has 0 unspecified atom stereocenters. The van der Waals surface area contributed by atoms with Gasteiger partial charge in [0.05, 0.1) is 6.42 Å². The number of nitrogens with one attached hydrogen (secondary N) is 2. The zero-order chi connectivity index (χ0) is 17.7. The Bertz CT molecular complexity index is 830. The molecule has 0 spiro atoms. The van der Waals surface area contributed by atoms with Gasteiger partial charge in [-0.1, -0.05) is 48.5 Å². The summed E-state index contributed by atoms with van der Waals surface area (Å²) in [6.07, 6.45) is -0.135. The first kappa shape index (κ1) is 15.8. The van der Waals surface area contributed by atoms with E-state index in [2.05, 4.69) is 10.8 Å². The summed E-state index contributed by atoms with van der Waals surface area (Å²) in [5.41, 5.74) is 4.61. The van der Waals surface area contributed by atoms with Gasteiger partial charge in [0.2, 0.25) is 0 Å². The Balaban J connectivity index is 1.87. The molecule has 0 fully saturated rings. The lowest BCUT2D eigenvalue weighted by Crippen LogP contribution is -2.65. The Kier molecular flexibility index (Phi) is 3.42. The van der Waals surface area contributed by atoms with E-state index < -0.39 is 17.1 Å². The van der Waals surface area contributed by atoms with Crippen LogP contribution in [-0.4, -0.2) is 23.5 Å². The summed E-state index contributed by atoms with van der Waals surface area (Å²) in [6, 6.07) is 15.4. The van der Waals surface area contributed by atoms with E-state index in [1.165, 1.54) is 0 Å². The van der Waals surface area contributed by atoms with Crippen LogP contribution in [-0.2, 0) is 25.6 Å². The van der Waals surface area contributed by atoms with E-state index in [4.69, 9.17) is 9.94 Å². The molecule has 5 rings (SSSR count). The van der Waals surface area contributed by atoms with Gasteiger partial charge in [-0.2, -0.15) is 5.48 Å². The fraction of sp³-hybridized carbons (Fsp3) is 0.263. The second-order valence-corrected chi connectivity index (χ2v) is 6.48. The van der Waals surface area contributed by atoms with Crippen molar-refractivity contribution in [2.75, 3.05) is 6.54 Å². The summed E-state index contributed by atoms with van der Waals surface area (Å²) in [4.78, 5) is 29.8. The van der Waals surface area contributed by atoms with Crippen LogP contribution in [0.1, 0.15) is 35.6 Å². The van der Waals surface area contributed by atoms with Crippen molar-refractivity contribution >= 4 is 11.9 Å². The summed E-state index contributed by atoms with van der Waals surface area (Å²) in [6.45, 7) is 2.03. The first-order valence-corrected chi connectivity index (χ1v) is 8.15. The molecule has 2 aromatic rings. The highest BCUT2D eigenvalue weighted by molar-refractivity contribution is 5.94. The van der Waals surface area contributed by atoms with Crippen LogP contribution < -0.4 is 10.8 Å². The molecule has 6 heteroatoms. The van der Waals surface area contributed by atoms with Crippen molar-refractivity contribution in [2.45, 2.75) is 24.5 Å². The van der Waals surface area contributed by atoms with Crippen molar-refractivity contribution in [3.8, 4) is 0 Å². The maximum absolute atomic E-state index is 13.1. The molecule has 2 aromatic carbocycles. The quantitative estimate of drug-likeness (QED) is 0.789. The molecule has 0 radical (unpaired) electrons. The third-order valence-electron chi connectivity index (χ3n) is 5.06. The normalized spacial score (nSPS) is 25.8. The van der Waals surface area contributed by atoms with Crippen molar-refractivity contribution in [1.29, 1.82) is 0 Å². The first-order valence-electron chi connectivity index (χ1n) is 8.15. The highest BCUT2D eigenvalue weighted by atomic mass is 16.7. The minimum Gasteiger partial charge on any atom is -0.481 e. The Hall–Kier alpha value is -2.70. The van der Waals surface area contributed by atoms with Gasteiger partial charge in [-0.25, -0.2) is 0 Å². The molecule has 3 aliphatic rings. The van der Waals surface area contributed by atoms with Crippen LogP contribution >= 0.6 is 0 Å². The third kappa shape index (κ3) is 2.04. The average Bonchev–Trinajstić information content (AvgIpc) is 2.62. The lowest BCUT2D eigenvalue weighted by atomic mass is 9.65. The van der Waals surface area contributed by atoms with Gasteiger partial charge >= 0.3 is 5.97 Å². The molecule has 0 saturated heterocycles. The van der Waals surface area contributed by atoms with Gasteiger partial charge in [0.1, 0.15) is 5.60 Å². The number of carboxylic acids is 1. The zero-order valence-electron chi connectivity index (χ0n) is 13.7. The molecule has 3 N–H and O–H groups in total. The number of amides is 1. The minimum absolute atomic E-state index is 0.0548. The van der Waals surface area contributed by atoms with Gasteiger partial charge in [-0.15, -0.1) is 0 Å². The number of carbonyl (C=O) groups is 2. The van der Waals surface area contributed by atoms with Crippen LogP contribution in [0.3, 0.4) is 0 Å². The van der Waals surface area contributed by atoms with Gasteiger partial charge in [0.15, 0.2) is 5.54 Å². The lowest BCUT2D eigenvalue weighted by molar-refractivity contribution is -0.161. The van der Waals surface area contributed by atoms with Gasteiger partial charge in [0, 0.05) is 6.54 Å². The van der Waals surface area contributed by atoms with Crippen LogP contribution in [0.5, 0.6) is 0 Å². The van der Waals surface area contributed by atoms with Crippen molar-refractivity contribution in [3.05, 3.63) is 70.8 Å². The maximum atomic E-state index is 13.1. The number of carbonyl (C=O) groups excluding carboxylic acids is 1. The van der Waals surface area contributed by atoms with Crippen molar-refractivity contribution in [3.63, 3.8) is 0 Å². The van der Waals surface area contributed by atoms with Gasteiger partial charge in [0.25, 0.3) is 5.91 Å². The Labute approximate surface area is 144 Å². The third-order valence-corrected chi connectivity index (χ3v) is 5.06. The second-order valence-electron chi connectivity index (χ2n) is 6.48. The van der Waals surface area contributed by atoms with Crippen molar-refractivity contribution in [2.24, 2.45) is 0 Å². The first-order chi connectivity index (χ1) is 12.0. The predicted octanol–water partition coefficient (Wildman–Crippen LogP) is 1.63. The topological polar surface area (TPSA) is 87.7 Å². The summed E-state index contributed by atoms with van der Waals surface area (Å²) in [5, 5.41) is 11.6. The fourth-order valence-electron chi connectivity index (χ4n) is 3.85. The van der Waals surface area contributed by atoms with Crippen LogP contribution in [0.25, 0.3) is 0 Å². The minimum atomic E-state index is -1.19. The Morgan fingerprint density at radius 2 is 1.56 bits per heavy atom. The maximum Gasteiger partial charge on any atom is 0.305 e. The van der Waals surface area contributed by atoms with E-state index in [9.17, 15) is 9.59 Å². The molecule has 6 nitrogen and oxygen atoms in total. The molecular formula is C19H18N2O4. The number of fused-ring (bicyclic) bond motifs is 1. The van der Waals surface area contributed by atoms with E-state index in [1.807, 2.05) is 55.5 Å². The van der Waals surface area contributed by atoms with Crippen molar-refractivity contribution < 1.29 is 19.5 Å². The molecule has 2 aliphatic heterocycles. The summed E-state index contributed by atoms with van der Waals surface area (Å²) >= 11 is 0. The molecule has 0 aromatic heterocycles. The monoisotopic (exact) mass is 338 g/mol. The lowest BCUT2D eigenvalue weighted by Gasteiger charge is -2.52. The standard InChI is InChI=1S/C19H18N2O4/c1-18-12-6-2-4-8-14(12)19(21-25-18,15-9-5-3-7-13(15)18)17(24)20-11-10-16(22)23/h2-9,21H,10-11H2,1H3,(H,20,24)(H,22,23). The number of hydrogen-bond acceptors (Lipinski definition) is 4. The highest BCUT2D eigenvalue weighted by Gasteiger charge is 2.58. The number of hydroxylamine groups is 1. The van der Waals surface area contributed by atoms with Crippen LogP contribution in [0.15, 0.2) is 48.5 Å². The number of carboxylic acid groups (broad SMARTS) is 1. The summed E-state index contributed by atoms with van der Waals surface area (Å²) in [5.74, 6) is -1.28. The van der Waals surface area contributed by atoms with Crippen LogP contribution in [0.2, 0.25) is 0 Å².